The molecule has 2 radical (unpaired) electrons. The third-order valence-corrected chi connectivity index (χ3v) is 0.497. The Labute approximate surface area is 30.5 Å². The maximum absolute atomic E-state index is 5.01. The van der Waals surface area contributed by atoms with Gasteiger partial charge in [0, 0.05) is 11.4 Å². The summed E-state index contributed by atoms with van der Waals surface area (Å²) in [4.78, 5) is 0. The Morgan fingerprint density at radius 1 is 1.20 bits per heavy atom. The fourth-order valence-electron chi connectivity index (χ4n) is 0.114. The maximum atomic E-state index is 5.01. The number of hydrogen-bond donors (Lipinski definition) is 2. The molecule has 0 aromatic rings. The van der Waals surface area contributed by atoms with Gasteiger partial charge in [-0.25, -0.2) is 0 Å². The molecule has 0 heterocycles. The fourth-order valence-corrected chi connectivity index (χ4v) is 0.114. The van der Waals surface area contributed by atoms with E-state index in [-0.39, 0.29) is 0 Å². The van der Waals surface area contributed by atoms with E-state index in [0.29, 0.717) is 11.4 Å². The van der Waals surface area contributed by atoms with Gasteiger partial charge in [0.25, 0.3) is 0 Å². The van der Waals surface area contributed by atoms with Gasteiger partial charge in [0.1, 0.15) is 0 Å². The Balaban J connectivity index is 2.59. The Kier molecular flexibility index (Phi) is 0.234. The first kappa shape index (κ1) is 2.57. The summed E-state index contributed by atoms with van der Waals surface area (Å²) < 4.78 is 0. The van der Waals surface area contributed by atoms with Gasteiger partial charge < -0.3 is 11.5 Å². The van der Waals surface area contributed by atoms with Crippen LogP contribution >= 0.6 is 0 Å². The summed E-state index contributed by atoms with van der Waals surface area (Å²) in [7, 11) is 0. The van der Waals surface area contributed by atoms with Gasteiger partial charge >= 0.3 is 0 Å². The average molecular weight is 68.1 g/mol. The molecule has 0 unspecified atom stereocenters. The zero-order valence-electron chi connectivity index (χ0n) is 2.65. The molecule has 0 fully saturated rings. The van der Waals surface area contributed by atoms with Crippen LogP contribution in [0.2, 0.25) is 0 Å². The van der Waals surface area contributed by atoms with Gasteiger partial charge in [0.2, 0.25) is 0 Å². The predicted octanol–water partition coefficient (Wildman–Crippen LogP) is -0.790. The van der Waals surface area contributed by atoms with E-state index in [0.717, 1.165) is 0 Å². The van der Waals surface area contributed by atoms with E-state index in [9.17, 15) is 0 Å². The molecular formula is C3H4N2. The van der Waals surface area contributed by atoms with Gasteiger partial charge in [-0.1, -0.05) is 0 Å². The molecule has 1 aliphatic rings. The van der Waals surface area contributed by atoms with Crippen LogP contribution in [-0.2, 0) is 0 Å². The summed E-state index contributed by atoms with van der Waals surface area (Å²) >= 11 is 0. The van der Waals surface area contributed by atoms with Crippen LogP contribution in [0, 0.1) is 6.42 Å². The third-order valence-electron chi connectivity index (χ3n) is 0.497. The highest BCUT2D eigenvalue weighted by Gasteiger charge is 2.13. The largest absolute Gasteiger partial charge is 0.400 e. The van der Waals surface area contributed by atoms with Crippen molar-refractivity contribution in [3.05, 3.63) is 17.8 Å². The zero-order chi connectivity index (χ0) is 3.86. The molecule has 0 saturated heterocycles. The van der Waals surface area contributed by atoms with Crippen molar-refractivity contribution in [3.63, 3.8) is 0 Å². The van der Waals surface area contributed by atoms with E-state index in [4.69, 9.17) is 11.5 Å². The highest BCUT2D eigenvalue weighted by atomic mass is 14.8. The molecule has 0 spiro atoms. The number of allylic oxidation sites excluding steroid dienone is 2. The van der Waals surface area contributed by atoms with Crippen LogP contribution in [0.25, 0.3) is 0 Å². The molecule has 1 aliphatic carbocycles. The van der Waals surface area contributed by atoms with Crippen LogP contribution in [-0.4, -0.2) is 0 Å². The van der Waals surface area contributed by atoms with Crippen molar-refractivity contribution in [3.8, 4) is 0 Å². The molecule has 4 N–H and O–H groups in total. The van der Waals surface area contributed by atoms with Crippen LogP contribution in [0.5, 0.6) is 0 Å². The van der Waals surface area contributed by atoms with Gasteiger partial charge in [-0.3, -0.25) is 0 Å². The molecule has 0 aromatic carbocycles. The molecule has 0 aromatic heterocycles. The molecule has 0 saturated carbocycles. The lowest BCUT2D eigenvalue weighted by atomic mass is 10.8. The second-order valence-electron chi connectivity index (χ2n) is 0.952. The van der Waals surface area contributed by atoms with Crippen molar-refractivity contribution >= 4 is 0 Å². The van der Waals surface area contributed by atoms with Crippen molar-refractivity contribution in [2.24, 2.45) is 11.5 Å². The lowest BCUT2D eigenvalue weighted by Gasteiger charge is -1.54. The van der Waals surface area contributed by atoms with Crippen LogP contribution < -0.4 is 11.5 Å². The second-order valence-corrected chi connectivity index (χ2v) is 0.952. The average Bonchev–Trinajstić information content (AvgIpc) is 1.79. The Morgan fingerprint density at radius 3 is 1.40 bits per heavy atom. The number of rotatable bonds is 0. The number of nitrogens with two attached hydrogens (primary N) is 2. The molecule has 0 atom stereocenters. The van der Waals surface area contributed by atoms with E-state index < -0.39 is 0 Å². The SMILES string of the molecule is NC1=C(N)[C]1. The van der Waals surface area contributed by atoms with Gasteiger partial charge in [-0.05, 0) is 0 Å². The van der Waals surface area contributed by atoms with Crippen molar-refractivity contribution in [1.82, 2.24) is 0 Å². The van der Waals surface area contributed by atoms with Gasteiger partial charge in [0.05, 0.1) is 6.42 Å². The summed E-state index contributed by atoms with van der Waals surface area (Å²) in [6, 6.07) is 0. The normalized spacial score (nSPS) is 20.0. The van der Waals surface area contributed by atoms with Crippen molar-refractivity contribution < 1.29 is 0 Å². The maximum Gasteiger partial charge on any atom is 0.0888 e. The predicted molar refractivity (Wildman–Crippen MR) is 18.6 cm³/mol. The van der Waals surface area contributed by atoms with E-state index in [1.807, 2.05) is 0 Å². The second kappa shape index (κ2) is 0.455. The summed E-state index contributed by atoms with van der Waals surface area (Å²) in [5, 5.41) is 0. The molecule has 2 heteroatoms. The van der Waals surface area contributed by atoms with E-state index >= 15 is 0 Å². The molecule has 2 nitrogen and oxygen atoms in total. The molecular weight excluding hydrogens is 64.0 g/mol. The van der Waals surface area contributed by atoms with Crippen LogP contribution in [0.1, 0.15) is 0 Å². The van der Waals surface area contributed by atoms with E-state index in [1.54, 1.807) is 0 Å². The Bertz CT molecular complexity index is 72.9. The first-order valence-corrected chi connectivity index (χ1v) is 1.33. The lowest BCUT2D eigenvalue weighted by molar-refractivity contribution is 1.50. The van der Waals surface area contributed by atoms with Crippen molar-refractivity contribution in [2.75, 3.05) is 0 Å². The molecule has 5 heavy (non-hydrogen) atoms. The Morgan fingerprint density at radius 2 is 1.40 bits per heavy atom. The first-order valence-electron chi connectivity index (χ1n) is 1.33. The topological polar surface area (TPSA) is 52.0 Å². The molecule has 0 bridgehead atoms. The van der Waals surface area contributed by atoms with Crippen molar-refractivity contribution in [1.29, 1.82) is 0 Å². The van der Waals surface area contributed by atoms with Crippen molar-refractivity contribution in [2.45, 2.75) is 0 Å². The van der Waals surface area contributed by atoms with Crippen LogP contribution in [0.3, 0.4) is 0 Å². The minimum atomic E-state index is 0.616. The molecule has 0 aliphatic heterocycles. The monoisotopic (exact) mass is 68.0 g/mol. The minimum Gasteiger partial charge on any atom is -0.400 e. The van der Waals surface area contributed by atoms with Crippen LogP contribution in [0.4, 0.5) is 0 Å². The van der Waals surface area contributed by atoms with E-state index in [1.165, 1.54) is 0 Å². The lowest BCUT2D eigenvalue weighted by Crippen LogP contribution is -1.81. The van der Waals surface area contributed by atoms with Crippen LogP contribution in [0.15, 0.2) is 11.4 Å². The van der Waals surface area contributed by atoms with Gasteiger partial charge in [-0.2, -0.15) is 0 Å². The molecule has 1 rings (SSSR count). The minimum absolute atomic E-state index is 0.616. The van der Waals surface area contributed by atoms with Gasteiger partial charge in [0.15, 0.2) is 0 Å². The summed E-state index contributed by atoms with van der Waals surface area (Å²) in [6.07, 6.45) is 2.58. The third kappa shape index (κ3) is 0.210. The Hall–Kier alpha value is -0.660. The first-order chi connectivity index (χ1) is 2.30. The standard InChI is InChI=1S/C3H4N2/c4-2-1-3(2)5/h4-5H2. The number of hydrogen-bond acceptors (Lipinski definition) is 2. The quantitative estimate of drug-likeness (QED) is 0.391. The smallest absolute Gasteiger partial charge is 0.0888 e. The van der Waals surface area contributed by atoms with Gasteiger partial charge in [-0.15, -0.1) is 0 Å². The zero-order valence-corrected chi connectivity index (χ0v) is 2.65. The molecule has 26 valence electrons. The van der Waals surface area contributed by atoms with E-state index in [2.05, 4.69) is 6.42 Å². The highest BCUT2D eigenvalue weighted by molar-refractivity contribution is 5.44. The fraction of sp³-hybridized carbons (Fsp3) is 0. The summed E-state index contributed by atoms with van der Waals surface area (Å²) in [5.74, 6) is 0. The summed E-state index contributed by atoms with van der Waals surface area (Å²) in [6.45, 7) is 0. The molecule has 0 amide bonds. The summed E-state index contributed by atoms with van der Waals surface area (Å²) in [5.41, 5.74) is 11.2. The highest BCUT2D eigenvalue weighted by Crippen LogP contribution is 2.15.